The molecule has 0 unspecified atom stereocenters. The summed E-state index contributed by atoms with van der Waals surface area (Å²) >= 11 is 0. The average molecular weight is 633 g/mol. The molecule has 1 aromatic heterocycles. The summed E-state index contributed by atoms with van der Waals surface area (Å²) in [6, 6.07) is 16.5. The number of ether oxygens (including phenoxy) is 2. The third kappa shape index (κ3) is 12.5. The van der Waals surface area contributed by atoms with Crippen molar-refractivity contribution in [3.8, 4) is 11.1 Å². The predicted octanol–water partition coefficient (Wildman–Crippen LogP) is 5.73. The topological polar surface area (TPSA) is 135 Å². The SMILES string of the molecule is COCCNC(=O)CN(CCC(C)(C)C)c1cc(CNC(=O)c2ccc(-c3ccc(NC(=O)OC(C)(C)C)cc3)cc2)nc(C)n1. The average Bonchev–Trinajstić information content (AvgIpc) is 2.97. The number of anilines is 2. The lowest BCUT2D eigenvalue weighted by atomic mass is 9.92. The number of hydrogen-bond acceptors (Lipinski definition) is 8. The highest BCUT2D eigenvalue weighted by molar-refractivity contribution is 5.94. The molecule has 3 rings (SSSR count). The molecule has 11 nitrogen and oxygen atoms in total. The number of rotatable bonds is 13. The number of benzene rings is 2. The van der Waals surface area contributed by atoms with Gasteiger partial charge in [-0.05, 0) is 74.9 Å². The fourth-order valence-electron chi connectivity index (χ4n) is 4.39. The normalized spacial score (nSPS) is 11.5. The minimum Gasteiger partial charge on any atom is -0.444 e. The number of carbonyl (C=O) groups excluding carboxylic acids is 3. The molecule has 248 valence electrons. The summed E-state index contributed by atoms with van der Waals surface area (Å²) < 4.78 is 10.3. The standard InChI is InChI=1S/C35H48N6O5/c1-24-38-29(21-30(39-24)41(19-17-34(2,3)4)23-31(42)36-18-20-45-8)22-37-32(43)27-11-9-25(10-12-27)26-13-15-28(16-14-26)40-33(44)46-35(5,6)7/h9-16,21H,17-20,22-23H2,1-8H3,(H,36,42)(H,37,43)(H,40,44). The lowest BCUT2D eigenvalue weighted by Gasteiger charge is -2.28. The first-order valence-corrected chi connectivity index (χ1v) is 15.5. The van der Waals surface area contributed by atoms with Crippen molar-refractivity contribution < 1.29 is 23.9 Å². The molecule has 0 aliphatic heterocycles. The van der Waals surface area contributed by atoms with Gasteiger partial charge in [-0.3, -0.25) is 14.9 Å². The molecule has 0 aliphatic carbocycles. The van der Waals surface area contributed by atoms with Crippen LogP contribution in [0, 0.1) is 12.3 Å². The van der Waals surface area contributed by atoms with E-state index in [1.54, 1.807) is 38.3 Å². The molecule has 0 spiro atoms. The van der Waals surface area contributed by atoms with Crippen LogP contribution in [0.25, 0.3) is 11.1 Å². The quantitative estimate of drug-likeness (QED) is 0.203. The number of methoxy groups -OCH3 is 1. The molecule has 0 saturated carbocycles. The second-order valence-electron chi connectivity index (χ2n) is 13.3. The zero-order chi connectivity index (χ0) is 33.9. The van der Waals surface area contributed by atoms with E-state index in [2.05, 4.69) is 46.7 Å². The van der Waals surface area contributed by atoms with Crippen molar-refractivity contribution in [2.75, 3.05) is 43.6 Å². The maximum atomic E-state index is 13.0. The van der Waals surface area contributed by atoms with Gasteiger partial charge in [0.25, 0.3) is 5.91 Å². The van der Waals surface area contributed by atoms with E-state index in [1.165, 1.54) is 0 Å². The summed E-state index contributed by atoms with van der Waals surface area (Å²) in [7, 11) is 1.59. The van der Waals surface area contributed by atoms with Crippen molar-refractivity contribution in [3.63, 3.8) is 0 Å². The largest absolute Gasteiger partial charge is 0.444 e. The summed E-state index contributed by atoms with van der Waals surface area (Å²) in [4.78, 5) is 48.8. The lowest BCUT2D eigenvalue weighted by Crippen LogP contribution is -2.40. The van der Waals surface area contributed by atoms with Gasteiger partial charge < -0.3 is 25.0 Å². The highest BCUT2D eigenvalue weighted by atomic mass is 16.6. The van der Waals surface area contributed by atoms with Crippen LogP contribution in [0.4, 0.5) is 16.3 Å². The van der Waals surface area contributed by atoms with E-state index in [9.17, 15) is 14.4 Å². The predicted molar refractivity (Wildman–Crippen MR) is 181 cm³/mol. The molecule has 0 fully saturated rings. The van der Waals surface area contributed by atoms with Gasteiger partial charge in [-0.2, -0.15) is 0 Å². The van der Waals surface area contributed by atoms with Crippen molar-refractivity contribution in [2.24, 2.45) is 5.41 Å². The first kappa shape index (κ1) is 36.0. The molecule has 0 atom stereocenters. The van der Waals surface area contributed by atoms with Crippen LogP contribution in [-0.4, -0.2) is 66.8 Å². The van der Waals surface area contributed by atoms with Crippen LogP contribution < -0.4 is 20.9 Å². The maximum Gasteiger partial charge on any atom is 0.412 e. The number of hydrogen-bond donors (Lipinski definition) is 3. The lowest BCUT2D eigenvalue weighted by molar-refractivity contribution is -0.120. The Kier molecular flexibility index (Phi) is 12.6. The molecule has 0 aliphatic rings. The van der Waals surface area contributed by atoms with E-state index in [4.69, 9.17) is 9.47 Å². The number of aromatic nitrogens is 2. The number of carbonyl (C=O) groups is 3. The van der Waals surface area contributed by atoms with E-state index < -0.39 is 11.7 Å². The molecule has 11 heteroatoms. The van der Waals surface area contributed by atoms with Gasteiger partial charge in [0.15, 0.2) is 0 Å². The van der Waals surface area contributed by atoms with Crippen molar-refractivity contribution >= 4 is 29.4 Å². The monoisotopic (exact) mass is 632 g/mol. The molecule has 3 aromatic rings. The molecular weight excluding hydrogens is 584 g/mol. The highest BCUT2D eigenvalue weighted by Crippen LogP contribution is 2.24. The summed E-state index contributed by atoms with van der Waals surface area (Å²) in [5.74, 6) is 0.843. The van der Waals surface area contributed by atoms with E-state index in [-0.39, 0.29) is 30.3 Å². The minimum absolute atomic E-state index is 0.0711. The van der Waals surface area contributed by atoms with E-state index in [0.29, 0.717) is 48.3 Å². The van der Waals surface area contributed by atoms with Gasteiger partial charge in [0, 0.05) is 37.5 Å². The zero-order valence-electron chi connectivity index (χ0n) is 28.3. The molecule has 0 saturated heterocycles. The number of aryl methyl sites for hydroxylation is 1. The zero-order valence-corrected chi connectivity index (χ0v) is 28.3. The molecular formula is C35H48N6O5. The van der Waals surface area contributed by atoms with Crippen molar-refractivity contribution in [3.05, 3.63) is 71.7 Å². The fraction of sp³-hybridized carbons (Fsp3) is 0.457. The van der Waals surface area contributed by atoms with Gasteiger partial charge in [0.2, 0.25) is 5.91 Å². The summed E-state index contributed by atoms with van der Waals surface area (Å²) in [6.45, 7) is 15.6. The Morgan fingerprint density at radius 2 is 1.50 bits per heavy atom. The molecule has 1 heterocycles. The molecule has 2 aromatic carbocycles. The van der Waals surface area contributed by atoms with Gasteiger partial charge in [-0.15, -0.1) is 0 Å². The van der Waals surface area contributed by atoms with E-state index in [1.807, 2.05) is 56.0 Å². The molecule has 3 N–H and O–H groups in total. The van der Waals surface area contributed by atoms with Crippen LogP contribution in [0.1, 0.15) is 69.8 Å². The van der Waals surface area contributed by atoms with Crippen LogP contribution >= 0.6 is 0 Å². The molecule has 0 bridgehead atoms. The Morgan fingerprint density at radius 1 is 0.870 bits per heavy atom. The number of amides is 3. The van der Waals surface area contributed by atoms with Crippen LogP contribution in [-0.2, 0) is 20.8 Å². The number of nitrogens with zero attached hydrogens (tertiary/aromatic N) is 3. The van der Waals surface area contributed by atoms with Gasteiger partial charge in [-0.25, -0.2) is 14.8 Å². The third-order valence-corrected chi connectivity index (χ3v) is 6.74. The Hall–Kier alpha value is -4.51. The highest BCUT2D eigenvalue weighted by Gasteiger charge is 2.19. The Morgan fingerprint density at radius 3 is 2.09 bits per heavy atom. The smallest absolute Gasteiger partial charge is 0.412 e. The first-order chi connectivity index (χ1) is 21.6. The molecule has 0 radical (unpaired) electrons. The van der Waals surface area contributed by atoms with Gasteiger partial charge >= 0.3 is 6.09 Å². The van der Waals surface area contributed by atoms with E-state index >= 15 is 0 Å². The Balaban J connectivity index is 1.64. The summed E-state index contributed by atoms with van der Waals surface area (Å²) in [6.07, 6.45) is 0.347. The Labute approximate surface area is 272 Å². The van der Waals surface area contributed by atoms with Crippen LogP contribution in [0.3, 0.4) is 0 Å². The second kappa shape index (κ2) is 16.2. The number of nitrogens with one attached hydrogen (secondary N) is 3. The summed E-state index contributed by atoms with van der Waals surface area (Å²) in [5, 5.41) is 8.54. The van der Waals surface area contributed by atoms with Crippen molar-refractivity contribution in [1.82, 2.24) is 20.6 Å². The van der Waals surface area contributed by atoms with Crippen LogP contribution in [0.2, 0.25) is 0 Å². The first-order valence-electron chi connectivity index (χ1n) is 15.5. The molecule has 46 heavy (non-hydrogen) atoms. The van der Waals surface area contributed by atoms with E-state index in [0.717, 1.165) is 17.5 Å². The van der Waals surface area contributed by atoms with Gasteiger partial charge in [0.1, 0.15) is 17.2 Å². The molecule has 3 amide bonds. The van der Waals surface area contributed by atoms with Gasteiger partial charge in [0.05, 0.1) is 25.4 Å². The third-order valence-electron chi connectivity index (χ3n) is 6.74. The Bertz CT molecular complexity index is 1460. The van der Waals surface area contributed by atoms with Crippen molar-refractivity contribution in [2.45, 2.75) is 67.0 Å². The summed E-state index contributed by atoms with van der Waals surface area (Å²) in [5.41, 5.74) is 3.14. The van der Waals surface area contributed by atoms with Gasteiger partial charge in [-0.1, -0.05) is 45.0 Å². The fourth-order valence-corrected chi connectivity index (χ4v) is 4.39. The maximum absolute atomic E-state index is 13.0. The van der Waals surface area contributed by atoms with Crippen LogP contribution in [0.5, 0.6) is 0 Å². The second-order valence-corrected chi connectivity index (χ2v) is 13.3. The minimum atomic E-state index is -0.578. The van der Waals surface area contributed by atoms with Crippen LogP contribution in [0.15, 0.2) is 54.6 Å². The van der Waals surface area contributed by atoms with Crippen molar-refractivity contribution in [1.29, 1.82) is 0 Å².